The third-order valence-electron chi connectivity index (χ3n) is 4.62. The molecule has 0 saturated carbocycles. The number of para-hydroxylation sites is 1. The van der Waals surface area contributed by atoms with E-state index in [4.69, 9.17) is 4.74 Å². The molecular weight excluding hydrogens is 332 g/mol. The summed E-state index contributed by atoms with van der Waals surface area (Å²) >= 11 is 0. The van der Waals surface area contributed by atoms with Crippen LogP contribution in [-0.4, -0.2) is 67.1 Å². The fourth-order valence-electron chi connectivity index (χ4n) is 3.26. The first-order valence-electron chi connectivity index (χ1n) is 9.03. The summed E-state index contributed by atoms with van der Waals surface area (Å²) < 4.78 is 5.32. The molecule has 2 aromatic rings. The number of aromatic nitrogens is 1. The van der Waals surface area contributed by atoms with Crippen molar-refractivity contribution in [2.75, 3.05) is 39.4 Å². The van der Waals surface area contributed by atoms with Crippen molar-refractivity contribution in [1.29, 1.82) is 0 Å². The van der Waals surface area contributed by atoms with E-state index in [1.807, 2.05) is 30.5 Å². The Bertz CT molecular complexity index is 752. The summed E-state index contributed by atoms with van der Waals surface area (Å²) in [6, 6.07) is 7.36. The molecule has 1 aromatic heterocycles. The standard InChI is InChI=1S/C19H26N4O3/c1-14(24)22-18(12-15-13-21-17-5-3-2-4-16(15)17)19(25)20-6-7-23-8-10-26-11-9-23/h2-5,13,18,21H,6-12H2,1H3,(H,20,25)(H,22,24)/t18-/m1/s1. The van der Waals surface area contributed by atoms with Crippen molar-refractivity contribution in [1.82, 2.24) is 20.5 Å². The Morgan fingerprint density at radius 2 is 2.04 bits per heavy atom. The third-order valence-corrected chi connectivity index (χ3v) is 4.62. The highest BCUT2D eigenvalue weighted by molar-refractivity contribution is 5.89. The number of morpholine rings is 1. The molecule has 1 aromatic carbocycles. The van der Waals surface area contributed by atoms with Gasteiger partial charge in [0.15, 0.2) is 0 Å². The van der Waals surface area contributed by atoms with Gasteiger partial charge in [0.25, 0.3) is 0 Å². The summed E-state index contributed by atoms with van der Waals surface area (Å²) in [6.45, 7) is 6.04. The van der Waals surface area contributed by atoms with E-state index < -0.39 is 6.04 Å². The van der Waals surface area contributed by atoms with Crippen molar-refractivity contribution in [3.05, 3.63) is 36.0 Å². The van der Waals surface area contributed by atoms with Gasteiger partial charge in [0, 0.05) is 56.6 Å². The second-order valence-electron chi connectivity index (χ2n) is 6.56. The van der Waals surface area contributed by atoms with Crippen LogP contribution in [-0.2, 0) is 20.7 Å². The lowest BCUT2D eigenvalue weighted by Gasteiger charge is -2.27. The maximum atomic E-state index is 12.6. The number of nitrogens with zero attached hydrogens (tertiary/aromatic N) is 1. The van der Waals surface area contributed by atoms with E-state index in [1.165, 1.54) is 6.92 Å². The van der Waals surface area contributed by atoms with Crippen molar-refractivity contribution in [2.45, 2.75) is 19.4 Å². The molecule has 0 radical (unpaired) electrons. The normalized spacial score (nSPS) is 16.3. The highest BCUT2D eigenvalue weighted by atomic mass is 16.5. The minimum absolute atomic E-state index is 0.154. The quantitative estimate of drug-likeness (QED) is 0.679. The smallest absolute Gasteiger partial charge is 0.242 e. The maximum absolute atomic E-state index is 12.6. The Morgan fingerprint density at radius 1 is 1.27 bits per heavy atom. The van der Waals surface area contributed by atoms with E-state index in [-0.39, 0.29) is 11.8 Å². The van der Waals surface area contributed by atoms with E-state index in [0.29, 0.717) is 13.0 Å². The van der Waals surface area contributed by atoms with Crippen LogP contribution < -0.4 is 10.6 Å². The second kappa shape index (κ2) is 8.82. The van der Waals surface area contributed by atoms with Crippen molar-refractivity contribution < 1.29 is 14.3 Å². The number of rotatable bonds is 7. The molecule has 140 valence electrons. The fourth-order valence-corrected chi connectivity index (χ4v) is 3.26. The van der Waals surface area contributed by atoms with Crippen molar-refractivity contribution in [3.8, 4) is 0 Å². The number of amides is 2. The Hall–Kier alpha value is -2.38. The first kappa shape index (κ1) is 18.4. The highest BCUT2D eigenvalue weighted by Gasteiger charge is 2.21. The molecule has 3 N–H and O–H groups in total. The average molecular weight is 358 g/mol. The molecule has 7 nitrogen and oxygen atoms in total. The van der Waals surface area contributed by atoms with Gasteiger partial charge in [0.05, 0.1) is 13.2 Å². The van der Waals surface area contributed by atoms with Gasteiger partial charge in [0.2, 0.25) is 11.8 Å². The van der Waals surface area contributed by atoms with Crippen LogP contribution in [0.2, 0.25) is 0 Å². The number of carbonyl (C=O) groups is 2. The molecule has 0 unspecified atom stereocenters. The third kappa shape index (κ3) is 4.83. The van der Waals surface area contributed by atoms with Crippen molar-refractivity contribution in [3.63, 3.8) is 0 Å². The molecule has 1 aliphatic heterocycles. The van der Waals surface area contributed by atoms with Gasteiger partial charge in [-0.05, 0) is 11.6 Å². The van der Waals surface area contributed by atoms with E-state index in [1.54, 1.807) is 0 Å². The summed E-state index contributed by atoms with van der Waals surface area (Å²) in [4.78, 5) is 29.6. The highest BCUT2D eigenvalue weighted by Crippen LogP contribution is 2.19. The molecule has 1 fully saturated rings. The number of carbonyl (C=O) groups excluding carboxylic acids is 2. The van der Waals surface area contributed by atoms with Crippen LogP contribution in [0.25, 0.3) is 10.9 Å². The summed E-state index contributed by atoms with van der Waals surface area (Å²) in [5, 5.41) is 6.80. The predicted molar refractivity (Wildman–Crippen MR) is 99.9 cm³/mol. The van der Waals surface area contributed by atoms with E-state index in [0.717, 1.165) is 49.3 Å². The van der Waals surface area contributed by atoms with Crippen LogP contribution >= 0.6 is 0 Å². The number of hydrogen-bond donors (Lipinski definition) is 3. The zero-order chi connectivity index (χ0) is 18.4. The molecule has 0 aliphatic carbocycles. The van der Waals surface area contributed by atoms with Gasteiger partial charge in [-0.2, -0.15) is 0 Å². The maximum Gasteiger partial charge on any atom is 0.242 e. The predicted octanol–water partition coefficient (Wildman–Crippen LogP) is 0.664. The SMILES string of the molecule is CC(=O)N[C@H](Cc1c[nH]c2ccccc12)C(=O)NCCN1CCOCC1. The molecule has 7 heteroatoms. The second-order valence-corrected chi connectivity index (χ2v) is 6.56. The monoisotopic (exact) mass is 358 g/mol. The van der Waals surface area contributed by atoms with Gasteiger partial charge in [-0.25, -0.2) is 0 Å². The molecule has 2 heterocycles. The van der Waals surface area contributed by atoms with E-state index in [2.05, 4.69) is 20.5 Å². The summed E-state index contributed by atoms with van der Waals surface area (Å²) in [5.41, 5.74) is 2.04. The van der Waals surface area contributed by atoms with Gasteiger partial charge in [0.1, 0.15) is 6.04 Å². The van der Waals surface area contributed by atoms with Gasteiger partial charge < -0.3 is 20.4 Å². The minimum Gasteiger partial charge on any atom is -0.379 e. The van der Waals surface area contributed by atoms with Gasteiger partial charge in [-0.3, -0.25) is 14.5 Å². The zero-order valence-corrected chi connectivity index (χ0v) is 15.1. The number of nitrogens with one attached hydrogen (secondary N) is 3. The molecular formula is C19H26N4O3. The van der Waals surface area contributed by atoms with Crippen molar-refractivity contribution >= 4 is 22.7 Å². The lowest BCUT2D eigenvalue weighted by atomic mass is 10.0. The first-order valence-corrected chi connectivity index (χ1v) is 9.03. The topological polar surface area (TPSA) is 86.5 Å². The number of H-pyrrole nitrogens is 1. The molecule has 1 aliphatic rings. The van der Waals surface area contributed by atoms with Gasteiger partial charge >= 0.3 is 0 Å². The van der Waals surface area contributed by atoms with E-state index in [9.17, 15) is 9.59 Å². The van der Waals surface area contributed by atoms with Crippen LogP contribution in [0.15, 0.2) is 30.5 Å². The van der Waals surface area contributed by atoms with Crippen LogP contribution in [0, 0.1) is 0 Å². The van der Waals surface area contributed by atoms with Crippen molar-refractivity contribution in [2.24, 2.45) is 0 Å². The summed E-state index contributed by atoms with van der Waals surface area (Å²) in [5.74, 6) is -0.364. The lowest BCUT2D eigenvalue weighted by molar-refractivity contribution is -0.128. The molecule has 0 spiro atoms. The number of ether oxygens (including phenoxy) is 1. The summed E-state index contributed by atoms with van der Waals surface area (Å²) in [7, 11) is 0. The molecule has 3 rings (SSSR count). The number of benzene rings is 1. The Balaban J connectivity index is 1.59. The van der Waals surface area contributed by atoms with Gasteiger partial charge in [-0.15, -0.1) is 0 Å². The number of fused-ring (bicyclic) bond motifs is 1. The Kier molecular flexibility index (Phi) is 6.25. The van der Waals surface area contributed by atoms with Crippen LogP contribution in [0.3, 0.4) is 0 Å². The lowest BCUT2D eigenvalue weighted by Crippen LogP contribution is -2.49. The largest absolute Gasteiger partial charge is 0.379 e. The minimum atomic E-state index is -0.587. The summed E-state index contributed by atoms with van der Waals surface area (Å²) in [6.07, 6.45) is 2.35. The molecule has 2 amide bonds. The molecule has 0 bridgehead atoms. The Morgan fingerprint density at radius 3 is 2.81 bits per heavy atom. The van der Waals surface area contributed by atoms with Crippen LogP contribution in [0.1, 0.15) is 12.5 Å². The average Bonchev–Trinajstić information content (AvgIpc) is 3.05. The fraction of sp³-hybridized carbons (Fsp3) is 0.474. The first-order chi connectivity index (χ1) is 12.6. The zero-order valence-electron chi connectivity index (χ0n) is 15.1. The molecule has 1 atom stereocenters. The van der Waals surface area contributed by atoms with E-state index >= 15 is 0 Å². The number of hydrogen-bond acceptors (Lipinski definition) is 4. The molecule has 1 saturated heterocycles. The Labute approximate surface area is 153 Å². The van der Waals surface area contributed by atoms with Crippen LogP contribution in [0.5, 0.6) is 0 Å². The van der Waals surface area contributed by atoms with Gasteiger partial charge in [-0.1, -0.05) is 18.2 Å². The molecule has 26 heavy (non-hydrogen) atoms. The number of aromatic amines is 1. The van der Waals surface area contributed by atoms with Crippen LogP contribution in [0.4, 0.5) is 0 Å².